The molecule has 2 aromatic carbocycles. The first kappa shape index (κ1) is 16.1. The van der Waals surface area contributed by atoms with Crippen molar-refractivity contribution < 1.29 is 17.9 Å². The summed E-state index contributed by atoms with van der Waals surface area (Å²) in [5.74, 6) is 0.644. The summed E-state index contributed by atoms with van der Waals surface area (Å²) in [6.45, 7) is 0. The summed E-state index contributed by atoms with van der Waals surface area (Å²) >= 11 is 0. The van der Waals surface area contributed by atoms with Gasteiger partial charge >= 0.3 is 6.18 Å². The summed E-state index contributed by atoms with van der Waals surface area (Å²) in [5.41, 5.74) is 1.73. The minimum absolute atomic E-state index is 0.478. The second-order valence-electron chi connectivity index (χ2n) is 5.20. The van der Waals surface area contributed by atoms with Crippen LogP contribution in [0.25, 0.3) is 22.4 Å². The highest BCUT2D eigenvalue weighted by molar-refractivity contribution is 5.82. The molecule has 3 rings (SSSR count). The minimum atomic E-state index is -4.40. The van der Waals surface area contributed by atoms with Crippen molar-refractivity contribution in [2.24, 2.45) is 0 Å². The van der Waals surface area contributed by atoms with Crippen LogP contribution >= 0.6 is 0 Å². The average molecular weight is 329 g/mol. The van der Waals surface area contributed by atoms with Gasteiger partial charge in [-0.3, -0.25) is 4.98 Å². The number of nitrogens with zero attached hydrogens (tertiary/aromatic N) is 1. The summed E-state index contributed by atoms with van der Waals surface area (Å²) in [6.07, 6.45) is -2.78. The van der Waals surface area contributed by atoms with E-state index in [1.54, 1.807) is 55.8 Å². The molecule has 0 spiro atoms. The molecule has 1 aromatic heterocycles. The molecule has 0 aliphatic heterocycles. The van der Waals surface area contributed by atoms with Gasteiger partial charge in [0.1, 0.15) is 5.75 Å². The van der Waals surface area contributed by atoms with Gasteiger partial charge < -0.3 is 4.74 Å². The van der Waals surface area contributed by atoms with E-state index in [0.717, 1.165) is 12.1 Å². The lowest BCUT2D eigenvalue weighted by Gasteiger charge is -2.14. The number of hydrogen-bond donors (Lipinski definition) is 0. The van der Waals surface area contributed by atoms with Gasteiger partial charge in [-0.15, -0.1) is 0 Å². The predicted molar refractivity (Wildman–Crippen MR) is 86.7 cm³/mol. The molecule has 1 heterocycles. The van der Waals surface area contributed by atoms with Gasteiger partial charge in [0.15, 0.2) is 0 Å². The number of pyridine rings is 1. The first-order valence-corrected chi connectivity index (χ1v) is 7.26. The topological polar surface area (TPSA) is 22.1 Å². The van der Waals surface area contributed by atoms with E-state index in [9.17, 15) is 13.2 Å². The van der Waals surface area contributed by atoms with E-state index in [2.05, 4.69) is 4.98 Å². The molecule has 0 aliphatic carbocycles. The van der Waals surface area contributed by atoms with Crippen LogP contribution in [-0.4, -0.2) is 12.1 Å². The van der Waals surface area contributed by atoms with E-state index in [4.69, 9.17) is 4.74 Å². The van der Waals surface area contributed by atoms with Crippen molar-refractivity contribution in [1.82, 2.24) is 4.98 Å². The highest BCUT2D eigenvalue weighted by Crippen LogP contribution is 2.37. The Morgan fingerprint density at radius 2 is 1.62 bits per heavy atom. The number of ether oxygens (including phenoxy) is 1. The van der Waals surface area contributed by atoms with E-state index in [-0.39, 0.29) is 0 Å². The molecule has 3 aromatic rings. The van der Waals surface area contributed by atoms with Crippen molar-refractivity contribution >= 4 is 0 Å². The smallest absolute Gasteiger partial charge is 0.416 e. The maximum Gasteiger partial charge on any atom is 0.416 e. The first-order chi connectivity index (χ1) is 11.5. The molecular formula is C19H14F3NO. The molecule has 0 amide bonds. The first-order valence-electron chi connectivity index (χ1n) is 7.26. The van der Waals surface area contributed by atoms with E-state index in [0.29, 0.717) is 28.1 Å². The van der Waals surface area contributed by atoms with Crippen molar-refractivity contribution in [2.75, 3.05) is 7.11 Å². The normalized spacial score (nSPS) is 11.3. The van der Waals surface area contributed by atoms with Crippen LogP contribution in [0.2, 0.25) is 0 Å². The Labute approximate surface area is 137 Å². The Morgan fingerprint density at radius 1 is 0.875 bits per heavy atom. The molecular weight excluding hydrogens is 315 g/mol. The van der Waals surface area contributed by atoms with Gasteiger partial charge in [0.25, 0.3) is 0 Å². The molecule has 0 saturated heterocycles. The molecule has 122 valence electrons. The van der Waals surface area contributed by atoms with Gasteiger partial charge in [0.05, 0.1) is 18.4 Å². The summed E-state index contributed by atoms with van der Waals surface area (Å²) in [4.78, 5) is 4.25. The standard InChI is InChI=1S/C19H14F3NO/c1-24-15-8-5-13(6-9-15)17-12-14(19(20,21)22)7-10-16(17)18-4-2-3-11-23-18/h2-12H,1H3. The van der Waals surface area contributed by atoms with Gasteiger partial charge in [0.2, 0.25) is 0 Å². The average Bonchev–Trinajstić information content (AvgIpc) is 2.61. The van der Waals surface area contributed by atoms with Crippen LogP contribution in [0.4, 0.5) is 13.2 Å². The van der Waals surface area contributed by atoms with E-state index in [1.165, 1.54) is 6.07 Å². The number of rotatable bonds is 3. The fourth-order valence-corrected chi connectivity index (χ4v) is 2.48. The molecule has 0 unspecified atom stereocenters. The summed E-state index contributed by atoms with van der Waals surface area (Å²) in [7, 11) is 1.54. The summed E-state index contributed by atoms with van der Waals surface area (Å²) in [6, 6.07) is 16.0. The number of alkyl halides is 3. The number of hydrogen-bond acceptors (Lipinski definition) is 2. The van der Waals surface area contributed by atoms with E-state index < -0.39 is 11.7 Å². The maximum atomic E-state index is 13.1. The monoisotopic (exact) mass is 329 g/mol. The van der Waals surface area contributed by atoms with Crippen LogP contribution < -0.4 is 4.74 Å². The van der Waals surface area contributed by atoms with Crippen LogP contribution in [-0.2, 0) is 6.18 Å². The Morgan fingerprint density at radius 3 is 2.21 bits per heavy atom. The van der Waals surface area contributed by atoms with Crippen molar-refractivity contribution in [3.05, 3.63) is 72.4 Å². The fourth-order valence-electron chi connectivity index (χ4n) is 2.48. The van der Waals surface area contributed by atoms with Crippen molar-refractivity contribution in [2.45, 2.75) is 6.18 Å². The van der Waals surface area contributed by atoms with Gasteiger partial charge in [-0.25, -0.2) is 0 Å². The molecule has 0 fully saturated rings. The maximum absolute atomic E-state index is 13.1. The number of halogens is 3. The second kappa shape index (κ2) is 6.35. The molecule has 2 nitrogen and oxygen atoms in total. The Bertz CT molecular complexity index is 827. The Hall–Kier alpha value is -2.82. The third-order valence-corrected chi connectivity index (χ3v) is 3.69. The largest absolute Gasteiger partial charge is 0.497 e. The molecule has 24 heavy (non-hydrogen) atoms. The van der Waals surface area contributed by atoms with Crippen LogP contribution in [0.3, 0.4) is 0 Å². The van der Waals surface area contributed by atoms with Crippen LogP contribution in [0.5, 0.6) is 5.75 Å². The van der Waals surface area contributed by atoms with Gasteiger partial charge in [-0.1, -0.05) is 24.3 Å². The van der Waals surface area contributed by atoms with E-state index >= 15 is 0 Å². The molecule has 0 bridgehead atoms. The fraction of sp³-hybridized carbons (Fsp3) is 0.105. The SMILES string of the molecule is COc1ccc(-c2cc(C(F)(F)F)ccc2-c2ccccn2)cc1. The molecule has 0 aliphatic rings. The zero-order chi connectivity index (χ0) is 17.2. The zero-order valence-electron chi connectivity index (χ0n) is 12.8. The molecule has 0 saturated carbocycles. The van der Waals surface area contributed by atoms with Crippen LogP contribution in [0.1, 0.15) is 5.56 Å². The Balaban J connectivity index is 2.18. The summed E-state index contributed by atoms with van der Waals surface area (Å²) in [5, 5.41) is 0. The molecule has 5 heteroatoms. The lowest BCUT2D eigenvalue weighted by molar-refractivity contribution is -0.137. The van der Waals surface area contributed by atoms with Crippen LogP contribution in [0.15, 0.2) is 66.9 Å². The number of benzene rings is 2. The zero-order valence-corrected chi connectivity index (χ0v) is 12.8. The summed E-state index contributed by atoms with van der Waals surface area (Å²) < 4.78 is 44.4. The van der Waals surface area contributed by atoms with Crippen molar-refractivity contribution in [3.8, 4) is 28.1 Å². The second-order valence-corrected chi connectivity index (χ2v) is 5.20. The van der Waals surface area contributed by atoms with Crippen molar-refractivity contribution in [3.63, 3.8) is 0 Å². The van der Waals surface area contributed by atoms with Gasteiger partial charge in [-0.05, 0) is 47.5 Å². The molecule has 0 radical (unpaired) electrons. The van der Waals surface area contributed by atoms with Gasteiger partial charge in [0, 0.05) is 11.8 Å². The Kier molecular flexibility index (Phi) is 4.25. The highest BCUT2D eigenvalue weighted by atomic mass is 19.4. The van der Waals surface area contributed by atoms with Crippen molar-refractivity contribution in [1.29, 1.82) is 0 Å². The third kappa shape index (κ3) is 3.25. The highest BCUT2D eigenvalue weighted by Gasteiger charge is 2.31. The third-order valence-electron chi connectivity index (χ3n) is 3.69. The number of methoxy groups -OCH3 is 1. The quantitative estimate of drug-likeness (QED) is 0.638. The molecule has 0 atom stereocenters. The van der Waals surface area contributed by atoms with Gasteiger partial charge in [-0.2, -0.15) is 13.2 Å². The lowest BCUT2D eigenvalue weighted by Crippen LogP contribution is -2.05. The minimum Gasteiger partial charge on any atom is -0.497 e. The predicted octanol–water partition coefficient (Wildman–Crippen LogP) is 5.44. The number of aromatic nitrogens is 1. The van der Waals surface area contributed by atoms with Crippen LogP contribution in [0, 0.1) is 0 Å². The van der Waals surface area contributed by atoms with E-state index in [1.807, 2.05) is 0 Å². The molecule has 0 N–H and O–H groups in total. The lowest BCUT2D eigenvalue weighted by atomic mass is 9.95.